The molecule has 1 fully saturated rings. The number of carbonyl (C=O) groups excluding carboxylic acids is 1. The molecule has 1 saturated heterocycles. The van der Waals surface area contributed by atoms with Crippen LogP contribution in [0.3, 0.4) is 0 Å². The first-order chi connectivity index (χ1) is 9.00. The lowest BCUT2D eigenvalue weighted by molar-refractivity contribution is -0.121. The van der Waals surface area contributed by atoms with E-state index in [1.807, 2.05) is 0 Å². The number of nitrogens with one attached hydrogen (secondary N) is 2. The van der Waals surface area contributed by atoms with Crippen LogP contribution in [0.5, 0.6) is 0 Å². The maximum absolute atomic E-state index is 11.9. The smallest absolute Gasteiger partial charge is 0.221 e. The first kappa shape index (κ1) is 16.4. The van der Waals surface area contributed by atoms with Gasteiger partial charge in [-0.3, -0.25) is 9.69 Å². The summed E-state index contributed by atoms with van der Waals surface area (Å²) in [7, 11) is 0. The van der Waals surface area contributed by atoms with Crippen molar-refractivity contribution in [3.63, 3.8) is 0 Å². The Labute approximate surface area is 118 Å². The molecule has 1 unspecified atom stereocenters. The van der Waals surface area contributed by atoms with Gasteiger partial charge < -0.3 is 10.6 Å². The molecular weight excluding hydrogens is 238 g/mol. The molecule has 19 heavy (non-hydrogen) atoms. The van der Waals surface area contributed by atoms with Gasteiger partial charge in [-0.05, 0) is 47.1 Å². The van der Waals surface area contributed by atoms with E-state index in [9.17, 15) is 4.79 Å². The fourth-order valence-corrected chi connectivity index (χ4v) is 2.83. The third-order valence-corrected chi connectivity index (χ3v) is 3.86. The van der Waals surface area contributed by atoms with Crippen LogP contribution in [0.25, 0.3) is 0 Å². The van der Waals surface area contributed by atoms with Crippen molar-refractivity contribution in [1.82, 2.24) is 15.5 Å². The predicted molar refractivity (Wildman–Crippen MR) is 80.2 cm³/mol. The van der Waals surface area contributed by atoms with Crippen molar-refractivity contribution in [3.05, 3.63) is 0 Å². The average Bonchev–Trinajstić information content (AvgIpc) is 2.34. The molecule has 0 aromatic carbocycles. The monoisotopic (exact) mass is 269 g/mol. The van der Waals surface area contributed by atoms with Crippen molar-refractivity contribution in [2.24, 2.45) is 0 Å². The lowest BCUT2D eigenvalue weighted by atomic mass is 10.0. The second-order valence-electron chi connectivity index (χ2n) is 6.13. The summed E-state index contributed by atoms with van der Waals surface area (Å²) in [6, 6.07) is 1.44. The molecule has 0 spiro atoms. The van der Waals surface area contributed by atoms with Gasteiger partial charge in [0.2, 0.25) is 5.91 Å². The van der Waals surface area contributed by atoms with Crippen LogP contribution in [0.4, 0.5) is 0 Å². The van der Waals surface area contributed by atoms with E-state index in [4.69, 9.17) is 0 Å². The van der Waals surface area contributed by atoms with Crippen molar-refractivity contribution in [2.45, 2.75) is 71.5 Å². The van der Waals surface area contributed by atoms with Crippen LogP contribution in [0.1, 0.15) is 53.4 Å². The summed E-state index contributed by atoms with van der Waals surface area (Å²) >= 11 is 0. The third kappa shape index (κ3) is 6.39. The molecule has 1 rings (SSSR count). The summed E-state index contributed by atoms with van der Waals surface area (Å²) < 4.78 is 0. The fourth-order valence-electron chi connectivity index (χ4n) is 2.83. The molecule has 2 N–H and O–H groups in total. The molecular formula is C15H31N3O. The van der Waals surface area contributed by atoms with Gasteiger partial charge >= 0.3 is 0 Å². The Morgan fingerprint density at radius 2 is 1.95 bits per heavy atom. The Morgan fingerprint density at radius 1 is 1.26 bits per heavy atom. The molecule has 4 heteroatoms. The molecule has 1 aliphatic heterocycles. The van der Waals surface area contributed by atoms with Crippen LogP contribution in [0, 0.1) is 0 Å². The summed E-state index contributed by atoms with van der Waals surface area (Å²) in [4.78, 5) is 14.3. The highest BCUT2D eigenvalue weighted by Gasteiger charge is 2.17. The molecule has 0 aromatic heterocycles. The van der Waals surface area contributed by atoms with E-state index >= 15 is 0 Å². The molecule has 4 nitrogen and oxygen atoms in total. The summed E-state index contributed by atoms with van der Waals surface area (Å²) in [5.41, 5.74) is 0. The Kier molecular flexibility index (Phi) is 7.39. The topological polar surface area (TPSA) is 44.4 Å². The van der Waals surface area contributed by atoms with Crippen LogP contribution in [-0.4, -0.2) is 48.6 Å². The van der Waals surface area contributed by atoms with E-state index in [2.05, 4.69) is 43.2 Å². The van der Waals surface area contributed by atoms with Crippen molar-refractivity contribution in [3.8, 4) is 0 Å². The summed E-state index contributed by atoms with van der Waals surface area (Å²) in [5, 5.41) is 6.46. The largest absolute Gasteiger partial charge is 0.355 e. The number of hydrogen-bond acceptors (Lipinski definition) is 3. The zero-order chi connectivity index (χ0) is 14.3. The number of hydrogen-bond donors (Lipinski definition) is 2. The first-order valence-electron chi connectivity index (χ1n) is 7.76. The van der Waals surface area contributed by atoms with Crippen LogP contribution in [0.2, 0.25) is 0 Å². The van der Waals surface area contributed by atoms with Crippen LogP contribution in [-0.2, 0) is 4.79 Å². The van der Waals surface area contributed by atoms with Gasteiger partial charge in [0.25, 0.3) is 0 Å². The molecule has 0 saturated carbocycles. The Morgan fingerprint density at radius 3 is 2.47 bits per heavy atom. The number of piperidine rings is 1. The second kappa shape index (κ2) is 8.54. The Bertz CT molecular complexity index is 252. The predicted octanol–water partition coefficient (Wildman–Crippen LogP) is 1.75. The zero-order valence-electron chi connectivity index (χ0n) is 13.0. The van der Waals surface area contributed by atoms with E-state index in [0.29, 0.717) is 24.5 Å². The molecule has 0 bridgehead atoms. The molecule has 0 aromatic rings. The van der Waals surface area contributed by atoms with Crippen molar-refractivity contribution >= 4 is 5.91 Å². The van der Waals surface area contributed by atoms with Gasteiger partial charge in [0, 0.05) is 37.6 Å². The molecule has 0 aliphatic carbocycles. The van der Waals surface area contributed by atoms with E-state index < -0.39 is 0 Å². The number of amides is 1. The lowest BCUT2D eigenvalue weighted by Gasteiger charge is -2.30. The van der Waals surface area contributed by atoms with Crippen LogP contribution in [0.15, 0.2) is 0 Å². The minimum atomic E-state index is 0.187. The molecule has 0 radical (unpaired) electrons. The summed E-state index contributed by atoms with van der Waals surface area (Å²) in [6.07, 6.45) is 4.26. The van der Waals surface area contributed by atoms with Crippen LogP contribution >= 0.6 is 0 Å². The SMILES string of the molecule is CC(C)N(CCNC(=O)CC1CCCCN1)C(C)C. The Balaban J connectivity index is 2.18. The van der Waals surface area contributed by atoms with Gasteiger partial charge in [-0.2, -0.15) is 0 Å². The first-order valence-corrected chi connectivity index (χ1v) is 7.76. The van der Waals surface area contributed by atoms with Gasteiger partial charge in [-0.1, -0.05) is 6.42 Å². The van der Waals surface area contributed by atoms with E-state index in [0.717, 1.165) is 26.1 Å². The minimum absolute atomic E-state index is 0.187. The fraction of sp³-hybridized carbons (Fsp3) is 0.933. The molecule has 1 atom stereocenters. The second-order valence-corrected chi connectivity index (χ2v) is 6.13. The normalized spacial score (nSPS) is 20.3. The van der Waals surface area contributed by atoms with Gasteiger partial charge in [0.05, 0.1) is 0 Å². The zero-order valence-corrected chi connectivity index (χ0v) is 13.0. The molecule has 1 aliphatic rings. The highest BCUT2D eigenvalue weighted by Crippen LogP contribution is 2.09. The third-order valence-electron chi connectivity index (χ3n) is 3.86. The van der Waals surface area contributed by atoms with Gasteiger partial charge in [-0.15, -0.1) is 0 Å². The highest BCUT2D eigenvalue weighted by molar-refractivity contribution is 5.76. The van der Waals surface area contributed by atoms with Crippen molar-refractivity contribution < 1.29 is 4.79 Å². The van der Waals surface area contributed by atoms with E-state index in [1.165, 1.54) is 12.8 Å². The van der Waals surface area contributed by atoms with E-state index in [1.54, 1.807) is 0 Å². The maximum atomic E-state index is 11.9. The maximum Gasteiger partial charge on any atom is 0.221 e. The van der Waals surface area contributed by atoms with Crippen LogP contribution < -0.4 is 10.6 Å². The molecule has 1 heterocycles. The van der Waals surface area contributed by atoms with Crippen molar-refractivity contribution in [1.29, 1.82) is 0 Å². The molecule has 1 amide bonds. The summed E-state index contributed by atoms with van der Waals surface area (Å²) in [5.74, 6) is 0.187. The quantitative estimate of drug-likeness (QED) is 0.740. The molecule has 112 valence electrons. The van der Waals surface area contributed by atoms with E-state index in [-0.39, 0.29) is 5.91 Å². The number of rotatable bonds is 7. The Hall–Kier alpha value is -0.610. The summed E-state index contributed by atoms with van der Waals surface area (Å²) in [6.45, 7) is 11.6. The highest BCUT2D eigenvalue weighted by atomic mass is 16.1. The van der Waals surface area contributed by atoms with Crippen molar-refractivity contribution in [2.75, 3.05) is 19.6 Å². The van der Waals surface area contributed by atoms with Gasteiger partial charge in [0.1, 0.15) is 0 Å². The average molecular weight is 269 g/mol. The number of carbonyl (C=O) groups is 1. The number of nitrogens with zero attached hydrogens (tertiary/aromatic N) is 1. The minimum Gasteiger partial charge on any atom is -0.355 e. The lowest BCUT2D eigenvalue weighted by Crippen LogP contribution is -2.44. The standard InChI is InChI=1S/C15H31N3O/c1-12(2)18(13(3)4)10-9-17-15(19)11-14-7-5-6-8-16-14/h12-14,16H,5-11H2,1-4H3,(H,17,19). The van der Waals surface area contributed by atoms with Gasteiger partial charge in [0.15, 0.2) is 0 Å². The van der Waals surface area contributed by atoms with Gasteiger partial charge in [-0.25, -0.2) is 0 Å².